The van der Waals surface area contributed by atoms with E-state index in [4.69, 9.17) is 11.6 Å². The highest BCUT2D eigenvalue weighted by atomic mass is 35.5. The lowest BCUT2D eigenvalue weighted by molar-refractivity contribution is -0.139. The summed E-state index contributed by atoms with van der Waals surface area (Å²) in [5.74, 6) is -2.31. The molecule has 0 bridgehead atoms. The van der Waals surface area contributed by atoms with Gasteiger partial charge in [-0.2, -0.15) is 5.10 Å². The summed E-state index contributed by atoms with van der Waals surface area (Å²) in [5, 5.41) is 18.2. The lowest BCUT2D eigenvalue weighted by atomic mass is 10.1. The number of aromatic nitrogens is 2. The van der Waals surface area contributed by atoms with E-state index in [1.165, 1.54) is 12.1 Å². The van der Waals surface area contributed by atoms with Crippen molar-refractivity contribution in [3.63, 3.8) is 0 Å². The maximum Gasteiger partial charge on any atom is 0.330 e. The number of hydrogen-bond donors (Lipinski definition) is 3. The van der Waals surface area contributed by atoms with Gasteiger partial charge in [0.1, 0.15) is 11.5 Å². The van der Waals surface area contributed by atoms with Gasteiger partial charge < -0.3 is 10.4 Å². The van der Waals surface area contributed by atoms with Gasteiger partial charge >= 0.3 is 5.97 Å². The number of rotatable bonds is 5. The van der Waals surface area contributed by atoms with Crippen molar-refractivity contribution in [3.05, 3.63) is 52.1 Å². The van der Waals surface area contributed by atoms with Crippen molar-refractivity contribution < 1.29 is 19.1 Å². The molecule has 0 radical (unpaired) electrons. The summed E-state index contributed by atoms with van der Waals surface area (Å²) in [7, 11) is 0. The average Bonchev–Trinajstić information content (AvgIpc) is 3.24. The third-order valence-corrected chi connectivity index (χ3v) is 3.95. The van der Waals surface area contributed by atoms with Crippen LogP contribution in [0.1, 0.15) is 46.5 Å². The van der Waals surface area contributed by atoms with Crippen LogP contribution >= 0.6 is 11.6 Å². The van der Waals surface area contributed by atoms with Gasteiger partial charge in [-0.15, -0.1) is 0 Å². The zero-order chi connectivity index (χ0) is 16.6. The first-order chi connectivity index (χ1) is 11.0. The van der Waals surface area contributed by atoms with Gasteiger partial charge in [-0.25, -0.2) is 9.18 Å². The molecule has 0 saturated heterocycles. The van der Waals surface area contributed by atoms with Crippen LogP contribution in [0, 0.1) is 5.82 Å². The first kappa shape index (κ1) is 15.5. The van der Waals surface area contributed by atoms with Crippen LogP contribution in [0.3, 0.4) is 0 Å². The minimum atomic E-state index is -1.39. The Kier molecular flexibility index (Phi) is 4.04. The molecule has 1 aliphatic rings. The molecule has 1 aliphatic carbocycles. The number of carboxylic acid groups (broad SMARTS) is 1. The number of aromatic amines is 1. The molecule has 1 atom stereocenters. The van der Waals surface area contributed by atoms with E-state index in [-0.39, 0.29) is 16.3 Å². The van der Waals surface area contributed by atoms with Crippen LogP contribution in [0.15, 0.2) is 24.3 Å². The maximum atomic E-state index is 13.5. The molecule has 1 amide bonds. The van der Waals surface area contributed by atoms with Crippen molar-refractivity contribution in [2.45, 2.75) is 24.8 Å². The van der Waals surface area contributed by atoms with Gasteiger partial charge in [0.05, 0.1) is 5.02 Å². The molecule has 0 spiro atoms. The van der Waals surface area contributed by atoms with Crippen LogP contribution in [0.25, 0.3) is 0 Å². The summed E-state index contributed by atoms with van der Waals surface area (Å²) in [4.78, 5) is 23.6. The van der Waals surface area contributed by atoms with Crippen molar-refractivity contribution >= 4 is 23.5 Å². The van der Waals surface area contributed by atoms with E-state index in [1.807, 2.05) is 0 Å². The summed E-state index contributed by atoms with van der Waals surface area (Å²) >= 11 is 5.58. The lowest BCUT2D eigenvalue weighted by Gasteiger charge is -2.14. The summed E-state index contributed by atoms with van der Waals surface area (Å²) in [6, 6.07) is 3.80. The Labute approximate surface area is 135 Å². The van der Waals surface area contributed by atoms with Crippen molar-refractivity contribution in [3.8, 4) is 0 Å². The first-order valence-electron chi connectivity index (χ1n) is 6.99. The molecule has 1 aromatic heterocycles. The summed E-state index contributed by atoms with van der Waals surface area (Å²) < 4.78 is 13.5. The average molecular weight is 338 g/mol. The summed E-state index contributed by atoms with van der Waals surface area (Å²) in [5.41, 5.74) is 1.05. The molecule has 2 aromatic rings. The third-order valence-electron chi connectivity index (χ3n) is 3.65. The van der Waals surface area contributed by atoms with E-state index >= 15 is 0 Å². The molecule has 1 heterocycles. The maximum absolute atomic E-state index is 13.5. The third kappa shape index (κ3) is 3.34. The fourth-order valence-corrected chi connectivity index (χ4v) is 2.36. The zero-order valence-corrected chi connectivity index (χ0v) is 12.6. The lowest BCUT2D eigenvalue weighted by Crippen LogP contribution is -2.34. The standard InChI is InChI=1S/C15H13ClFN3O3/c16-9-4-3-8(5-10(9)17)13(15(22)23)18-14(21)12-6-11(19-20-12)7-1-2-7/h3-7,13H,1-2H2,(H,18,21)(H,19,20)(H,22,23). The Morgan fingerprint density at radius 2 is 2.13 bits per heavy atom. The van der Waals surface area contributed by atoms with Crippen molar-refractivity contribution in [1.82, 2.24) is 15.5 Å². The van der Waals surface area contributed by atoms with Crippen molar-refractivity contribution in [1.29, 1.82) is 0 Å². The van der Waals surface area contributed by atoms with Gasteiger partial charge in [-0.3, -0.25) is 9.89 Å². The van der Waals surface area contributed by atoms with E-state index in [1.54, 1.807) is 6.07 Å². The van der Waals surface area contributed by atoms with Crippen molar-refractivity contribution in [2.75, 3.05) is 0 Å². The second-order valence-electron chi connectivity index (χ2n) is 5.40. The van der Waals surface area contributed by atoms with E-state index in [0.717, 1.165) is 24.6 Å². The number of nitrogens with zero attached hydrogens (tertiary/aromatic N) is 1. The van der Waals surface area contributed by atoms with Crippen LogP contribution in [0.4, 0.5) is 4.39 Å². The molecule has 6 nitrogen and oxygen atoms in total. The van der Waals surface area contributed by atoms with Gasteiger partial charge in [0.2, 0.25) is 0 Å². The summed E-state index contributed by atoms with van der Waals surface area (Å²) in [6.45, 7) is 0. The molecule has 1 unspecified atom stereocenters. The van der Waals surface area contributed by atoms with Gasteiger partial charge in [-0.05, 0) is 36.6 Å². The monoisotopic (exact) mass is 337 g/mol. The quantitative estimate of drug-likeness (QED) is 0.781. The fraction of sp³-hybridized carbons (Fsp3) is 0.267. The number of H-pyrrole nitrogens is 1. The molecular weight excluding hydrogens is 325 g/mol. The van der Waals surface area contributed by atoms with Gasteiger partial charge in [-0.1, -0.05) is 17.7 Å². The van der Waals surface area contributed by atoms with E-state index < -0.39 is 23.7 Å². The van der Waals surface area contributed by atoms with Gasteiger partial charge in [0, 0.05) is 11.6 Å². The molecule has 0 aliphatic heterocycles. The van der Waals surface area contributed by atoms with E-state index in [9.17, 15) is 19.1 Å². The molecule has 3 N–H and O–H groups in total. The number of carbonyl (C=O) groups is 2. The van der Waals surface area contributed by atoms with Gasteiger partial charge in [0.15, 0.2) is 6.04 Å². The number of aliphatic carboxylic acids is 1. The Bertz CT molecular complexity index is 773. The largest absolute Gasteiger partial charge is 0.479 e. The van der Waals surface area contributed by atoms with Crippen LogP contribution in [0.2, 0.25) is 5.02 Å². The predicted molar refractivity (Wildman–Crippen MR) is 79.8 cm³/mol. The summed E-state index contributed by atoms with van der Waals surface area (Å²) in [6.07, 6.45) is 2.09. The first-order valence-corrected chi connectivity index (χ1v) is 7.37. The highest BCUT2D eigenvalue weighted by molar-refractivity contribution is 6.30. The molecule has 1 aromatic carbocycles. The smallest absolute Gasteiger partial charge is 0.330 e. The highest BCUT2D eigenvalue weighted by Crippen LogP contribution is 2.39. The minimum absolute atomic E-state index is 0.0886. The molecule has 23 heavy (non-hydrogen) atoms. The normalized spacial score (nSPS) is 15.2. The second-order valence-corrected chi connectivity index (χ2v) is 5.81. The van der Waals surface area contributed by atoms with Crippen LogP contribution in [-0.4, -0.2) is 27.2 Å². The van der Waals surface area contributed by atoms with Crippen LogP contribution in [-0.2, 0) is 4.79 Å². The number of halogens is 2. The number of benzene rings is 1. The SMILES string of the molecule is O=C(NC(C(=O)O)c1ccc(Cl)c(F)c1)c1cc(C2CC2)[nH]n1. The van der Waals surface area contributed by atoms with Crippen LogP contribution < -0.4 is 5.32 Å². The van der Waals surface area contributed by atoms with E-state index in [0.29, 0.717) is 5.92 Å². The molecule has 1 fully saturated rings. The van der Waals surface area contributed by atoms with Crippen molar-refractivity contribution in [2.24, 2.45) is 0 Å². The second kappa shape index (κ2) is 6.00. The fourth-order valence-electron chi connectivity index (χ4n) is 2.24. The number of amides is 1. The Morgan fingerprint density at radius 3 is 2.74 bits per heavy atom. The van der Waals surface area contributed by atoms with Crippen LogP contribution in [0.5, 0.6) is 0 Å². The number of nitrogens with one attached hydrogen (secondary N) is 2. The predicted octanol–water partition coefficient (Wildman–Crippen LogP) is 2.64. The Morgan fingerprint density at radius 1 is 1.39 bits per heavy atom. The molecule has 8 heteroatoms. The molecule has 3 rings (SSSR count). The molecular formula is C15H13ClFN3O3. The Hall–Kier alpha value is -2.41. The topological polar surface area (TPSA) is 95.1 Å². The number of hydrogen-bond acceptors (Lipinski definition) is 3. The Balaban J connectivity index is 1.79. The molecule has 1 saturated carbocycles. The number of carboxylic acids is 1. The van der Waals surface area contributed by atoms with E-state index in [2.05, 4.69) is 15.5 Å². The highest BCUT2D eigenvalue weighted by Gasteiger charge is 2.28. The minimum Gasteiger partial charge on any atom is -0.479 e. The number of carbonyl (C=O) groups excluding carboxylic acids is 1. The molecule has 120 valence electrons. The van der Waals surface area contributed by atoms with Gasteiger partial charge in [0.25, 0.3) is 5.91 Å². The zero-order valence-electron chi connectivity index (χ0n) is 11.8.